The van der Waals surface area contributed by atoms with Crippen molar-refractivity contribution in [3.8, 4) is 0 Å². The van der Waals surface area contributed by atoms with E-state index in [2.05, 4.69) is 10.6 Å². The average molecular weight is 300 g/mol. The molecule has 1 aliphatic rings. The zero-order valence-corrected chi connectivity index (χ0v) is 12.1. The van der Waals surface area contributed by atoms with Crippen LogP contribution in [-0.2, 0) is 11.0 Å². The maximum Gasteiger partial charge on any atom is 0.416 e. The van der Waals surface area contributed by atoms with E-state index in [4.69, 9.17) is 0 Å². The number of alkyl halides is 3. The van der Waals surface area contributed by atoms with Crippen molar-refractivity contribution < 1.29 is 18.0 Å². The van der Waals surface area contributed by atoms with Crippen molar-refractivity contribution in [2.45, 2.75) is 38.9 Å². The lowest BCUT2D eigenvalue weighted by atomic mass is 9.92. The molecule has 116 valence electrons. The summed E-state index contributed by atoms with van der Waals surface area (Å²) < 4.78 is 38.0. The van der Waals surface area contributed by atoms with E-state index in [1.807, 2.05) is 6.92 Å². The van der Waals surface area contributed by atoms with Crippen molar-refractivity contribution in [1.82, 2.24) is 5.32 Å². The number of carbonyl (C=O) groups excluding carboxylic acids is 1. The molecule has 3 nitrogen and oxygen atoms in total. The van der Waals surface area contributed by atoms with Crippen molar-refractivity contribution in [1.29, 1.82) is 0 Å². The molecule has 1 heterocycles. The lowest BCUT2D eigenvalue weighted by molar-refractivity contribution is -0.138. The molecule has 1 aromatic carbocycles. The molecule has 0 radical (unpaired) electrons. The van der Waals surface area contributed by atoms with Crippen LogP contribution in [0, 0.1) is 12.8 Å². The molecule has 1 aromatic rings. The Labute approximate surface area is 121 Å². The second-order valence-electron chi connectivity index (χ2n) is 5.59. The van der Waals surface area contributed by atoms with Crippen molar-refractivity contribution in [3.05, 3.63) is 29.3 Å². The van der Waals surface area contributed by atoms with Crippen LogP contribution in [0.2, 0.25) is 0 Å². The van der Waals surface area contributed by atoms with E-state index in [1.165, 1.54) is 19.1 Å². The predicted octanol–water partition coefficient (Wildman–Crippen LogP) is 3.34. The molecule has 0 aliphatic carbocycles. The molecule has 2 rings (SSSR count). The third-order valence-corrected chi connectivity index (χ3v) is 3.79. The second-order valence-corrected chi connectivity index (χ2v) is 5.59. The number of carbonyl (C=O) groups is 1. The summed E-state index contributed by atoms with van der Waals surface area (Å²) in [7, 11) is 0. The van der Waals surface area contributed by atoms with Gasteiger partial charge in [-0.25, -0.2) is 0 Å². The first-order chi connectivity index (χ1) is 9.77. The van der Waals surface area contributed by atoms with Gasteiger partial charge in [0.1, 0.15) is 0 Å². The molecule has 1 saturated heterocycles. The number of rotatable bonds is 2. The van der Waals surface area contributed by atoms with Crippen LogP contribution in [0.25, 0.3) is 0 Å². The van der Waals surface area contributed by atoms with Gasteiger partial charge in [0.15, 0.2) is 0 Å². The predicted molar refractivity (Wildman–Crippen MR) is 75.0 cm³/mol. The van der Waals surface area contributed by atoms with Crippen molar-refractivity contribution in [3.63, 3.8) is 0 Å². The normalized spacial score (nSPS) is 22.9. The Hall–Kier alpha value is -1.56. The van der Waals surface area contributed by atoms with Crippen molar-refractivity contribution in [2.24, 2.45) is 5.92 Å². The molecule has 0 aromatic heterocycles. The Balaban J connectivity index is 2.06. The van der Waals surface area contributed by atoms with Gasteiger partial charge >= 0.3 is 6.18 Å². The van der Waals surface area contributed by atoms with Gasteiger partial charge in [-0.3, -0.25) is 4.79 Å². The van der Waals surface area contributed by atoms with Gasteiger partial charge in [0.25, 0.3) is 0 Å². The molecular weight excluding hydrogens is 281 g/mol. The molecule has 1 amide bonds. The summed E-state index contributed by atoms with van der Waals surface area (Å²) in [4.78, 5) is 12.1. The van der Waals surface area contributed by atoms with Crippen LogP contribution in [0.5, 0.6) is 0 Å². The number of piperidine rings is 1. The Bertz CT molecular complexity index is 528. The Morgan fingerprint density at radius 2 is 2.10 bits per heavy atom. The highest BCUT2D eigenvalue weighted by atomic mass is 19.4. The molecule has 2 atom stereocenters. The van der Waals surface area contributed by atoms with Gasteiger partial charge in [0.2, 0.25) is 5.91 Å². The highest BCUT2D eigenvalue weighted by Crippen LogP contribution is 2.33. The fourth-order valence-electron chi connectivity index (χ4n) is 2.67. The number of aryl methyl sites for hydroxylation is 1. The third kappa shape index (κ3) is 3.97. The van der Waals surface area contributed by atoms with Crippen molar-refractivity contribution >= 4 is 11.6 Å². The second kappa shape index (κ2) is 6.05. The van der Waals surface area contributed by atoms with Crippen LogP contribution < -0.4 is 10.6 Å². The minimum atomic E-state index is -4.36. The Morgan fingerprint density at radius 3 is 2.67 bits per heavy atom. The first-order valence-electron chi connectivity index (χ1n) is 6.99. The van der Waals surface area contributed by atoms with Gasteiger partial charge in [-0.1, -0.05) is 0 Å². The summed E-state index contributed by atoms with van der Waals surface area (Å²) in [5.41, 5.74) is -0.147. The quantitative estimate of drug-likeness (QED) is 0.879. The number of amides is 1. The first kappa shape index (κ1) is 15.8. The molecule has 0 saturated carbocycles. The van der Waals surface area contributed by atoms with Gasteiger partial charge in [-0.05, 0) is 57.0 Å². The van der Waals surface area contributed by atoms with Gasteiger partial charge < -0.3 is 10.6 Å². The summed E-state index contributed by atoms with van der Waals surface area (Å²) >= 11 is 0. The molecule has 0 unspecified atom stereocenters. The average Bonchev–Trinajstić information content (AvgIpc) is 2.37. The molecular formula is C15H19F3N2O. The minimum Gasteiger partial charge on any atom is -0.326 e. The maximum atomic E-state index is 12.7. The molecule has 1 aliphatic heterocycles. The highest BCUT2D eigenvalue weighted by molar-refractivity contribution is 5.92. The summed E-state index contributed by atoms with van der Waals surface area (Å²) in [6, 6.07) is 3.96. The van der Waals surface area contributed by atoms with Gasteiger partial charge in [-0.15, -0.1) is 0 Å². The van der Waals surface area contributed by atoms with Crippen LogP contribution in [0.1, 0.15) is 30.9 Å². The summed E-state index contributed by atoms with van der Waals surface area (Å²) in [5.74, 6) is -0.216. The van der Waals surface area contributed by atoms with Crippen molar-refractivity contribution in [2.75, 3.05) is 11.9 Å². The fraction of sp³-hybridized carbons (Fsp3) is 0.533. The van der Waals surface area contributed by atoms with Gasteiger partial charge in [-0.2, -0.15) is 13.2 Å². The zero-order valence-electron chi connectivity index (χ0n) is 12.1. The molecule has 21 heavy (non-hydrogen) atoms. The smallest absolute Gasteiger partial charge is 0.326 e. The fourth-order valence-corrected chi connectivity index (χ4v) is 2.67. The molecule has 0 bridgehead atoms. The number of nitrogens with one attached hydrogen (secondary N) is 2. The summed E-state index contributed by atoms with van der Waals surface area (Å²) in [6.07, 6.45) is -2.88. The monoisotopic (exact) mass is 300 g/mol. The topological polar surface area (TPSA) is 41.1 Å². The zero-order chi connectivity index (χ0) is 15.6. The lowest BCUT2D eigenvalue weighted by Crippen LogP contribution is -2.40. The van der Waals surface area contributed by atoms with Gasteiger partial charge in [0.05, 0.1) is 5.56 Å². The Kier molecular flexibility index (Phi) is 4.56. The number of halogens is 3. The molecule has 2 N–H and O–H groups in total. The van der Waals surface area contributed by atoms with E-state index in [0.29, 0.717) is 5.69 Å². The lowest BCUT2D eigenvalue weighted by Gasteiger charge is -2.27. The van der Waals surface area contributed by atoms with Crippen LogP contribution in [-0.4, -0.2) is 18.5 Å². The Morgan fingerprint density at radius 1 is 1.38 bits per heavy atom. The van der Waals surface area contributed by atoms with E-state index in [1.54, 1.807) is 0 Å². The number of anilines is 1. The number of hydrogen-bond donors (Lipinski definition) is 2. The standard InChI is InChI=1S/C15H19F3N2O/c1-9-7-12(3-4-13(9)15(16,17)18)20-14(21)11-5-6-19-10(2)8-11/h3-4,7,10-11,19H,5-6,8H2,1-2H3,(H,20,21)/t10-,11-/m0/s1. The van der Waals surface area contributed by atoms with Crippen LogP contribution in [0.4, 0.5) is 18.9 Å². The molecule has 6 heteroatoms. The van der Waals surface area contributed by atoms with Crippen LogP contribution in [0.3, 0.4) is 0 Å². The SMILES string of the molecule is Cc1cc(NC(=O)[C@H]2CCN[C@@H](C)C2)ccc1C(F)(F)F. The van der Waals surface area contributed by atoms with Crippen LogP contribution in [0.15, 0.2) is 18.2 Å². The maximum absolute atomic E-state index is 12.7. The van der Waals surface area contributed by atoms with E-state index >= 15 is 0 Å². The first-order valence-corrected chi connectivity index (χ1v) is 6.99. The number of benzene rings is 1. The van der Waals surface area contributed by atoms with E-state index in [-0.39, 0.29) is 23.4 Å². The van der Waals surface area contributed by atoms with E-state index < -0.39 is 11.7 Å². The van der Waals surface area contributed by atoms with E-state index in [0.717, 1.165) is 25.5 Å². The highest BCUT2D eigenvalue weighted by Gasteiger charge is 2.32. The largest absolute Gasteiger partial charge is 0.416 e. The summed E-state index contributed by atoms with van der Waals surface area (Å²) in [6.45, 7) is 4.19. The third-order valence-electron chi connectivity index (χ3n) is 3.79. The van der Waals surface area contributed by atoms with Gasteiger partial charge in [0, 0.05) is 17.6 Å². The van der Waals surface area contributed by atoms with E-state index in [9.17, 15) is 18.0 Å². The minimum absolute atomic E-state index is 0.0937. The number of hydrogen-bond acceptors (Lipinski definition) is 2. The molecule has 0 spiro atoms. The summed E-state index contributed by atoms with van der Waals surface area (Å²) in [5, 5.41) is 5.98. The molecule has 1 fully saturated rings. The van der Waals surface area contributed by atoms with Crippen LogP contribution >= 0.6 is 0 Å².